The molecule has 2 aliphatic carbocycles. The smallest absolute Gasteiger partial charge is 0.180 e. The Hall–Kier alpha value is -1.17. The molecular formula is C19H27NO3S. The van der Waals surface area contributed by atoms with E-state index in [1.807, 2.05) is 12.1 Å². The van der Waals surface area contributed by atoms with E-state index >= 15 is 0 Å². The van der Waals surface area contributed by atoms with E-state index in [1.165, 1.54) is 44.9 Å². The summed E-state index contributed by atoms with van der Waals surface area (Å²) >= 11 is 0. The van der Waals surface area contributed by atoms with Gasteiger partial charge in [0.2, 0.25) is 0 Å². The van der Waals surface area contributed by atoms with Crippen molar-refractivity contribution in [1.82, 2.24) is 5.32 Å². The van der Waals surface area contributed by atoms with E-state index < -0.39 is 9.84 Å². The Morgan fingerprint density at radius 3 is 2.42 bits per heavy atom. The van der Waals surface area contributed by atoms with Crippen molar-refractivity contribution in [2.24, 2.45) is 0 Å². The lowest BCUT2D eigenvalue weighted by molar-refractivity contribution is 0.319. The fraction of sp³-hybridized carbons (Fsp3) is 0.579. The van der Waals surface area contributed by atoms with Crippen molar-refractivity contribution in [3.8, 4) is 0 Å². The molecule has 1 aromatic carbocycles. The van der Waals surface area contributed by atoms with Gasteiger partial charge in [0.25, 0.3) is 0 Å². The minimum Gasteiger partial charge on any atom is -0.395 e. The Morgan fingerprint density at radius 1 is 1.04 bits per heavy atom. The van der Waals surface area contributed by atoms with Gasteiger partial charge >= 0.3 is 0 Å². The summed E-state index contributed by atoms with van der Waals surface area (Å²) < 4.78 is 23.8. The molecule has 0 saturated heterocycles. The van der Waals surface area contributed by atoms with Gasteiger partial charge in [0.1, 0.15) is 0 Å². The van der Waals surface area contributed by atoms with Crippen molar-refractivity contribution in [2.45, 2.75) is 62.4 Å². The third kappa shape index (κ3) is 4.08. The van der Waals surface area contributed by atoms with Gasteiger partial charge in [0, 0.05) is 12.6 Å². The first kappa shape index (κ1) is 17.6. The Labute approximate surface area is 144 Å². The normalized spacial score (nSPS) is 21.6. The van der Waals surface area contributed by atoms with Crippen LogP contribution in [-0.4, -0.2) is 31.9 Å². The van der Waals surface area contributed by atoms with E-state index in [-0.39, 0.29) is 17.3 Å². The van der Waals surface area contributed by atoms with E-state index in [9.17, 15) is 8.42 Å². The van der Waals surface area contributed by atoms with Gasteiger partial charge in [0.05, 0.1) is 17.3 Å². The molecule has 2 aliphatic rings. The minimum absolute atomic E-state index is 0.219. The molecule has 0 spiro atoms. The number of nitrogens with one attached hydrogen (secondary N) is 1. The number of benzene rings is 1. The van der Waals surface area contributed by atoms with Crippen LogP contribution >= 0.6 is 0 Å². The molecule has 1 unspecified atom stereocenters. The third-order valence-electron chi connectivity index (χ3n) is 5.22. The molecule has 1 aromatic rings. The molecule has 0 bridgehead atoms. The lowest BCUT2D eigenvalue weighted by atomic mass is 10.0. The van der Waals surface area contributed by atoms with Crippen LogP contribution in [0.1, 0.15) is 50.5 Å². The van der Waals surface area contributed by atoms with Gasteiger partial charge in [-0.25, -0.2) is 8.42 Å². The van der Waals surface area contributed by atoms with Gasteiger partial charge < -0.3 is 10.4 Å². The van der Waals surface area contributed by atoms with Crippen LogP contribution in [-0.2, 0) is 16.4 Å². The van der Waals surface area contributed by atoms with Crippen molar-refractivity contribution in [3.05, 3.63) is 41.0 Å². The molecule has 1 atom stereocenters. The zero-order valence-corrected chi connectivity index (χ0v) is 14.9. The van der Waals surface area contributed by atoms with Crippen LogP contribution in [0.25, 0.3) is 0 Å². The maximum Gasteiger partial charge on any atom is 0.180 e. The standard InChI is InChI=1S/C19H27NO3S/c21-12-13-24(22,23)17-10-8-15(9-11-17)14-20-19-7-3-6-18(19)16-4-1-2-5-16/h8-11,19-21H,1-7,12-14H2. The Kier molecular flexibility index (Phi) is 5.74. The molecule has 4 nitrogen and oxygen atoms in total. The molecule has 2 saturated carbocycles. The number of allylic oxidation sites excluding steroid dienone is 1. The summed E-state index contributed by atoms with van der Waals surface area (Å²) in [6, 6.07) is 7.53. The molecule has 132 valence electrons. The highest BCUT2D eigenvalue weighted by molar-refractivity contribution is 7.91. The van der Waals surface area contributed by atoms with Crippen LogP contribution in [0.4, 0.5) is 0 Å². The second-order valence-electron chi connectivity index (χ2n) is 6.85. The lowest BCUT2D eigenvalue weighted by Crippen LogP contribution is -2.27. The Balaban J connectivity index is 1.62. The van der Waals surface area contributed by atoms with E-state index in [0.717, 1.165) is 12.1 Å². The fourth-order valence-electron chi connectivity index (χ4n) is 3.91. The zero-order valence-electron chi connectivity index (χ0n) is 14.1. The molecule has 5 heteroatoms. The highest BCUT2D eigenvalue weighted by Crippen LogP contribution is 2.35. The molecule has 0 heterocycles. The summed E-state index contributed by atoms with van der Waals surface area (Å²) in [6.45, 7) is 0.423. The van der Waals surface area contributed by atoms with Crippen LogP contribution in [0.15, 0.2) is 40.3 Å². The van der Waals surface area contributed by atoms with Gasteiger partial charge in [-0.05, 0) is 62.6 Å². The quantitative estimate of drug-likeness (QED) is 0.775. The molecule has 2 fully saturated rings. The predicted octanol–water partition coefficient (Wildman–Crippen LogP) is 2.97. The number of hydrogen-bond donors (Lipinski definition) is 2. The van der Waals surface area contributed by atoms with Crippen LogP contribution in [0.2, 0.25) is 0 Å². The zero-order chi connectivity index (χ0) is 17.0. The molecule has 24 heavy (non-hydrogen) atoms. The lowest BCUT2D eigenvalue weighted by Gasteiger charge is -2.17. The minimum atomic E-state index is -3.36. The first-order valence-corrected chi connectivity index (χ1v) is 10.6. The summed E-state index contributed by atoms with van der Waals surface area (Å²) in [6.07, 6.45) is 8.97. The van der Waals surface area contributed by atoms with Crippen LogP contribution < -0.4 is 5.32 Å². The summed E-state index contributed by atoms with van der Waals surface area (Å²) in [7, 11) is -3.36. The summed E-state index contributed by atoms with van der Waals surface area (Å²) in [5, 5.41) is 12.5. The van der Waals surface area contributed by atoms with E-state index in [0.29, 0.717) is 6.04 Å². The van der Waals surface area contributed by atoms with Crippen LogP contribution in [0, 0.1) is 0 Å². The first-order valence-electron chi connectivity index (χ1n) is 8.97. The van der Waals surface area contributed by atoms with Gasteiger partial charge in [0.15, 0.2) is 9.84 Å². The molecule has 0 radical (unpaired) electrons. The third-order valence-corrected chi connectivity index (χ3v) is 6.93. The van der Waals surface area contributed by atoms with Crippen LogP contribution in [0.3, 0.4) is 0 Å². The molecular weight excluding hydrogens is 322 g/mol. The van der Waals surface area contributed by atoms with Gasteiger partial charge in [-0.15, -0.1) is 0 Å². The maximum absolute atomic E-state index is 11.9. The van der Waals surface area contributed by atoms with Gasteiger partial charge in [-0.3, -0.25) is 0 Å². The Bertz CT molecular complexity index is 684. The number of rotatable bonds is 6. The summed E-state index contributed by atoms with van der Waals surface area (Å²) in [5.74, 6) is -0.219. The highest BCUT2D eigenvalue weighted by Gasteiger charge is 2.24. The van der Waals surface area contributed by atoms with Crippen molar-refractivity contribution < 1.29 is 13.5 Å². The number of aliphatic hydroxyl groups excluding tert-OH is 1. The Morgan fingerprint density at radius 2 is 1.75 bits per heavy atom. The second kappa shape index (κ2) is 7.81. The van der Waals surface area contributed by atoms with Crippen molar-refractivity contribution in [3.63, 3.8) is 0 Å². The number of sulfone groups is 1. The van der Waals surface area contributed by atoms with Gasteiger partial charge in [-0.2, -0.15) is 0 Å². The van der Waals surface area contributed by atoms with Gasteiger partial charge in [-0.1, -0.05) is 23.3 Å². The van der Waals surface area contributed by atoms with Crippen molar-refractivity contribution >= 4 is 9.84 Å². The SMILES string of the molecule is O=S(=O)(CCO)c1ccc(CNC2CCCC2=C2CCCC2)cc1. The topological polar surface area (TPSA) is 66.4 Å². The highest BCUT2D eigenvalue weighted by atomic mass is 32.2. The molecule has 0 amide bonds. The molecule has 0 aliphatic heterocycles. The largest absolute Gasteiger partial charge is 0.395 e. The number of aliphatic hydroxyl groups is 1. The monoisotopic (exact) mass is 349 g/mol. The van der Waals surface area contributed by atoms with E-state index in [1.54, 1.807) is 23.3 Å². The molecule has 3 rings (SSSR count). The first-order chi connectivity index (χ1) is 11.6. The van der Waals surface area contributed by atoms with E-state index in [4.69, 9.17) is 5.11 Å². The van der Waals surface area contributed by atoms with E-state index in [2.05, 4.69) is 5.32 Å². The summed E-state index contributed by atoms with van der Waals surface area (Å²) in [5.41, 5.74) is 4.44. The average molecular weight is 349 g/mol. The predicted molar refractivity (Wildman–Crippen MR) is 95.6 cm³/mol. The fourth-order valence-corrected chi connectivity index (χ4v) is 4.94. The summed E-state index contributed by atoms with van der Waals surface area (Å²) in [4.78, 5) is 0.287. The van der Waals surface area contributed by atoms with Crippen molar-refractivity contribution in [2.75, 3.05) is 12.4 Å². The maximum atomic E-state index is 11.9. The molecule has 0 aromatic heterocycles. The van der Waals surface area contributed by atoms with Crippen molar-refractivity contribution in [1.29, 1.82) is 0 Å². The van der Waals surface area contributed by atoms with Crippen LogP contribution in [0.5, 0.6) is 0 Å². The second-order valence-corrected chi connectivity index (χ2v) is 8.96. The average Bonchev–Trinajstić information content (AvgIpc) is 3.24. The number of hydrogen-bond acceptors (Lipinski definition) is 4. The molecule has 2 N–H and O–H groups in total.